The van der Waals surface area contributed by atoms with Gasteiger partial charge in [-0.15, -0.1) is 0 Å². The van der Waals surface area contributed by atoms with Crippen molar-refractivity contribution in [3.8, 4) is 5.88 Å². The Kier molecular flexibility index (Phi) is 4.25. The molecule has 8 heteroatoms. The largest absolute Gasteiger partial charge is 0.478 e. The third kappa shape index (κ3) is 3.42. The normalized spacial score (nSPS) is 17.6. The Morgan fingerprint density at radius 2 is 2.12 bits per heavy atom. The molecule has 1 saturated carbocycles. The van der Waals surface area contributed by atoms with E-state index >= 15 is 0 Å². The summed E-state index contributed by atoms with van der Waals surface area (Å²) in [6, 6.07) is 3.54. The van der Waals surface area contributed by atoms with Gasteiger partial charge < -0.3 is 19.1 Å². The van der Waals surface area contributed by atoms with Gasteiger partial charge in [0.25, 0.3) is 5.91 Å². The summed E-state index contributed by atoms with van der Waals surface area (Å²) in [5.41, 5.74) is 0.906. The first-order valence-electron chi connectivity index (χ1n) is 8.71. The van der Waals surface area contributed by atoms with Crippen LogP contribution in [-0.2, 0) is 0 Å². The second kappa shape index (κ2) is 6.70. The van der Waals surface area contributed by atoms with E-state index in [4.69, 9.17) is 9.26 Å². The molecule has 8 nitrogen and oxygen atoms in total. The minimum absolute atomic E-state index is 0.0944. The Labute approximate surface area is 145 Å². The number of ether oxygens (including phenoxy) is 1. The molecule has 1 aliphatic carbocycles. The van der Waals surface area contributed by atoms with Gasteiger partial charge in [0.05, 0.1) is 12.3 Å². The van der Waals surface area contributed by atoms with Gasteiger partial charge >= 0.3 is 0 Å². The SMILES string of the molecule is CCOc1ccnc(N2CCN(C(=O)c3cc(C4CC4)no3)CC2)n1. The van der Waals surface area contributed by atoms with Crippen molar-refractivity contribution >= 4 is 11.9 Å². The highest BCUT2D eigenvalue weighted by molar-refractivity contribution is 5.91. The third-order valence-electron chi connectivity index (χ3n) is 4.49. The predicted octanol–water partition coefficient (Wildman–Crippen LogP) is 1.70. The van der Waals surface area contributed by atoms with Crippen molar-refractivity contribution in [2.75, 3.05) is 37.7 Å². The Morgan fingerprint density at radius 1 is 1.32 bits per heavy atom. The first kappa shape index (κ1) is 15.9. The lowest BCUT2D eigenvalue weighted by atomic mass is 10.2. The zero-order valence-corrected chi connectivity index (χ0v) is 14.2. The Hall–Kier alpha value is -2.64. The summed E-state index contributed by atoms with van der Waals surface area (Å²) >= 11 is 0. The number of nitrogens with zero attached hydrogens (tertiary/aromatic N) is 5. The van der Waals surface area contributed by atoms with Crippen LogP contribution in [0.3, 0.4) is 0 Å². The highest BCUT2D eigenvalue weighted by atomic mass is 16.5. The molecule has 132 valence electrons. The number of hydrogen-bond acceptors (Lipinski definition) is 7. The van der Waals surface area contributed by atoms with Crippen molar-refractivity contribution in [1.29, 1.82) is 0 Å². The van der Waals surface area contributed by atoms with Crippen LogP contribution in [0.5, 0.6) is 5.88 Å². The van der Waals surface area contributed by atoms with E-state index in [1.807, 2.05) is 6.92 Å². The maximum Gasteiger partial charge on any atom is 0.292 e. The monoisotopic (exact) mass is 343 g/mol. The van der Waals surface area contributed by atoms with Gasteiger partial charge in [-0.3, -0.25) is 4.79 Å². The van der Waals surface area contributed by atoms with Crippen LogP contribution < -0.4 is 9.64 Å². The molecule has 0 atom stereocenters. The maximum absolute atomic E-state index is 12.6. The quantitative estimate of drug-likeness (QED) is 0.817. The number of hydrogen-bond donors (Lipinski definition) is 0. The lowest BCUT2D eigenvalue weighted by Crippen LogP contribution is -2.49. The molecule has 2 aromatic heterocycles. The van der Waals surface area contributed by atoms with Crippen molar-refractivity contribution in [1.82, 2.24) is 20.0 Å². The molecule has 1 saturated heterocycles. The first-order chi connectivity index (χ1) is 12.2. The molecule has 0 unspecified atom stereocenters. The number of carbonyl (C=O) groups is 1. The summed E-state index contributed by atoms with van der Waals surface area (Å²) in [6.07, 6.45) is 3.97. The fourth-order valence-corrected chi connectivity index (χ4v) is 2.94. The molecule has 0 spiro atoms. The third-order valence-corrected chi connectivity index (χ3v) is 4.49. The van der Waals surface area contributed by atoms with Crippen molar-refractivity contribution < 1.29 is 14.1 Å². The molecule has 0 radical (unpaired) electrons. The lowest BCUT2D eigenvalue weighted by molar-refractivity contribution is 0.0704. The van der Waals surface area contributed by atoms with Gasteiger partial charge in [-0.2, -0.15) is 4.98 Å². The van der Waals surface area contributed by atoms with Crippen molar-refractivity contribution in [3.63, 3.8) is 0 Å². The smallest absolute Gasteiger partial charge is 0.292 e. The van der Waals surface area contributed by atoms with E-state index < -0.39 is 0 Å². The number of piperazine rings is 1. The molecule has 1 aliphatic heterocycles. The molecule has 0 N–H and O–H groups in total. The Morgan fingerprint density at radius 3 is 2.84 bits per heavy atom. The standard InChI is InChI=1S/C17H21N5O3/c1-2-24-15-5-6-18-17(19-15)22-9-7-21(8-10-22)16(23)14-11-13(20-25-14)12-3-4-12/h5-6,11-12H,2-4,7-10H2,1H3. The van der Waals surface area contributed by atoms with Gasteiger partial charge in [0, 0.05) is 50.4 Å². The van der Waals surface area contributed by atoms with Gasteiger partial charge in [-0.05, 0) is 19.8 Å². The molecular weight excluding hydrogens is 322 g/mol. The van der Waals surface area contributed by atoms with Gasteiger partial charge in [-0.25, -0.2) is 4.98 Å². The van der Waals surface area contributed by atoms with E-state index in [2.05, 4.69) is 20.0 Å². The van der Waals surface area contributed by atoms with Crippen LogP contribution in [0.1, 0.15) is 41.9 Å². The number of amides is 1. The second-order valence-electron chi connectivity index (χ2n) is 6.30. The lowest BCUT2D eigenvalue weighted by Gasteiger charge is -2.34. The van der Waals surface area contributed by atoms with Gasteiger partial charge in [0.15, 0.2) is 0 Å². The van der Waals surface area contributed by atoms with Gasteiger partial charge in [0.2, 0.25) is 17.6 Å². The van der Waals surface area contributed by atoms with Crippen molar-refractivity contribution in [2.24, 2.45) is 0 Å². The van der Waals surface area contributed by atoms with E-state index in [1.54, 1.807) is 23.2 Å². The van der Waals surface area contributed by atoms with Crippen LogP contribution >= 0.6 is 0 Å². The Balaban J connectivity index is 1.37. The molecule has 1 amide bonds. The minimum Gasteiger partial charge on any atom is -0.478 e. The first-order valence-corrected chi connectivity index (χ1v) is 8.71. The van der Waals surface area contributed by atoms with E-state index in [-0.39, 0.29) is 5.91 Å². The average molecular weight is 343 g/mol. The second-order valence-corrected chi connectivity index (χ2v) is 6.30. The van der Waals surface area contributed by atoms with Gasteiger partial charge in [0.1, 0.15) is 0 Å². The summed E-state index contributed by atoms with van der Waals surface area (Å²) < 4.78 is 10.7. The fraction of sp³-hybridized carbons (Fsp3) is 0.529. The van der Waals surface area contributed by atoms with Crippen molar-refractivity contribution in [2.45, 2.75) is 25.7 Å². The molecule has 0 bridgehead atoms. The van der Waals surface area contributed by atoms with E-state index in [0.717, 1.165) is 18.5 Å². The van der Waals surface area contributed by atoms with E-state index in [9.17, 15) is 4.79 Å². The summed E-state index contributed by atoms with van der Waals surface area (Å²) in [5, 5.41) is 4.02. The fourth-order valence-electron chi connectivity index (χ4n) is 2.94. The summed E-state index contributed by atoms with van der Waals surface area (Å²) in [6.45, 7) is 5.03. The van der Waals surface area contributed by atoms with Crippen LogP contribution in [0.15, 0.2) is 22.9 Å². The number of carbonyl (C=O) groups excluding carboxylic acids is 1. The molecule has 3 heterocycles. The zero-order valence-electron chi connectivity index (χ0n) is 14.2. The van der Waals surface area contributed by atoms with Crippen molar-refractivity contribution in [3.05, 3.63) is 29.8 Å². The topological polar surface area (TPSA) is 84.6 Å². The summed E-state index contributed by atoms with van der Waals surface area (Å²) in [5.74, 6) is 1.93. The maximum atomic E-state index is 12.6. The van der Waals surface area contributed by atoms with Crippen LogP contribution in [0.25, 0.3) is 0 Å². The Bertz CT molecular complexity index is 750. The molecule has 25 heavy (non-hydrogen) atoms. The highest BCUT2D eigenvalue weighted by Gasteiger charge is 2.30. The predicted molar refractivity (Wildman–Crippen MR) is 89.8 cm³/mol. The number of anilines is 1. The molecule has 2 fully saturated rings. The van der Waals surface area contributed by atoms with Gasteiger partial charge in [-0.1, -0.05) is 5.16 Å². The molecular formula is C17H21N5O3. The van der Waals surface area contributed by atoms with E-state index in [0.29, 0.717) is 56.3 Å². The van der Waals surface area contributed by atoms with Crippen LogP contribution in [0.2, 0.25) is 0 Å². The molecule has 4 rings (SSSR count). The van der Waals surface area contributed by atoms with Crippen LogP contribution in [0.4, 0.5) is 5.95 Å². The highest BCUT2D eigenvalue weighted by Crippen LogP contribution is 2.39. The molecule has 0 aromatic carbocycles. The summed E-state index contributed by atoms with van der Waals surface area (Å²) in [4.78, 5) is 25.1. The van der Waals surface area contributed by atoms with E-state index in [1.165, 1.54) is 0 Å². The number of rotatable bonds is 5. The minimum atomic E-state index is -0.0944. The summed E-state index contributed by atoms with van der Waals surface area (Å²) in [7, 11) is 0. The van der Waals surface area contributed by atoms with Crippen LogP contribution in [0, 0.1) is 0 Å². The average Bonchev–Trinajstić information content (AvgIpc) is 3.39. The number of aromatic nitrogens is 3. The van der Waals surface area contributed by atoms with Crippen LogP contribution in [-0.4, -0.2) is 58.7 Å². The zero-order chi connectivity index (χ0) is 17.2. The molecule has 2 aliphatic rings. The molecule has 2 aromatic rings.